The van der Waals surface area contributed by atoms with Crippen molar-refractivity contribution in [2.75, 3.05) is 26.2 Å². The van der Waals surface area contributed by atoms with Gasteiger partial charge in [0.05, 0.1) is 17.9 Å². The molecule has 0 radical (unpaired) electrons. The third kappa shape index (κ3) is 4.24. The largest absolute Gasteiger partial charge is 0.358 e. The maximum Gasteiger partial charge on any atom is 0.247 e. The van der Waals surface area contributed by atoms with Gasteiger partial charge < -0.3 is 20.9 Å². The monoisotopic (exact) mass is 409 g/mol. The SMILES string of the molecule is CCC(C)[C@H](N)c1cn([C@@H](Cc2cc3ccccc3[nH]2)C(=O)N2CCNCC2)nn1. The molecule has 3 heterocycles. The van der Waals surface area contributed by atoms with E-state index in [9.17, 15) is 4.79 Å². The van der Waals surface area contributed by atoms with E-state index < -0.39 is 6.04 Å². The fourth-order valence-electron chi connectivity index (χ4n) is 3.98. The second-order valence-electron chi connectivity index (χ2n) is 8.21. The first-order chi connectivity index (χ1) is 14.6. The number of amides is 1. The molecule has 8 heteroatoms. The Morgan fingerprint density at radius 3 is 2.77 bits per heavy atom. The minimum Gasteiger partial charge on any atom is -0.358 e. The summed E-state index contributed by atoms with van der Waals surface area (Å²) in [6, 6.07) is 9.60. The molecule has 1 unspecified atom stereocenters. The van der Waals surface area contributed by atoms with Crippen LogP contribution in [-0.2, 0) is 11.2 Å². The van der Waals surface area contributed by atoms with Crippen molar-refractivity contribution >= 4 is 16.8 Å². The van der Waals surface area contributed by atoms with Crippen LogP contribution in [0.4, 0.5) is 0 Å². The predicted molar refractivity (Wildman–Crippen MR) is 117 cm³/mol. The number of piperazine rings is 1. The number of para-hydroxylation sites is 1. The van der Waals surface area contributed by atoms with E-state index in [1.807, 2.05) is 29.3 Å². The van der Waals surface area contributed by atoms with Gasteiger partial charge >= 0.3 is 0 Å². The molecule has 1 aliphatic heterocycles. The maximum atomic E-state index is 13.5. The van der Waals surface area contributed by atoms with Gasteiger partial charge in [0.15, 0.2) is 0 Å². The molecule has 0 spiro atoms. The summed E-state index contributed by atoms with van der Waals surface area (Å²) in [7, 11) is 0. The number of hydrogen-bond acceptors (Lipinski definition) is 5. The number of benzene rings is 1. The van der Waals surface area contributed by atoms with E-state index in [4.69, 9.17) is 5.73 Å². The van der Waals surface area contributed by atoms with E-state index in [2.05, 4.69) is 46.6 Å². The van der Waals surface area contributed by atoms with Crippen molar-refractivity contribution in [3.05, 3.63) is 47.9 Å². The van der Waals surface area contributed by atoms with Crippen molar-refractivity contribution in [3.63, 3.8) is 0 Å². The molecule has 4 rings (SSSR count). The smallest absolute Gasteiger partial charge is 0.247 e. The summed E-state index contributed by atoms with van der Waals surface area (Å²) in [5.41, 5.74) is 9.17. The molecule has 0 bridgehead atoms. The number of nitrogens with zero attached hydrogens (tertiary/aromatic N) is 4. The Bertz CT molecular complexity index is 955. The zero-order valence-electron chi connectivity index (χ0n) is 17.7. The maximum absolute atomic E-state index is 13.5. The van der Waals surface area contributed by atoms with Crippen molar-refractivity contribution in [3.8, 4) is 0 Å². The zero-order chi connectivity index (χ0) is 21.1. The third-order valence-electron chi connectivity index (χ3n) is 6.16. The Morgan fingerprint density at radius 1 is 1.27 bits per heavy atom. The van der Waals surface area contributed by atoms with Crippen molar-refractivity contribution in [1.82, 2.24) is 30.2 Å². The Morgan fingerprint density at radius 2 is 2.03 bits per heavy atom. The van der Waals surface area contributed by atoms with Crippen molar-refractivity contribution in [2.24, 2.45) is 11.7 Å². The van der Waals surface area contributed by atoms with Gasteiger partial charge in [0.2, 0.25) is 5.91 Å². The van der Waals surface area contributed by atoms with Crippen molar-refractivity contribution in [1.29, 1.82) is 0 Å². The molecule has 0 saturated carbocycles. The number of rotatable bonds is 7. The molecule has 1 saturated heterocycles. The summed E-state index contributed by atoms with van der Waals surface area (Å²) in [4.78, 5) is 18.8. The highest BCUT2D eigenvalue weighted by Gasteiger charge is 2.29. The number of nitrogens with one attached hydrogen (secondary N) is 2. The van der Waals surface area contributed by atoms with Gasteiger partial charge in [0.1, 0.15) is 6.04 Å². The van der Waals surface area contributed by atoms with Crippen LogP contribution in [0, 0.1) is 5.92 Å². The van der Waals surface area contributed by atoms with Crippen LogP contribution in [0.15, 0.2) is 36.5 Å². The topological polar surface area (TPSA) is 105 Å². The number of carbonyl (C=O) groups excluding carboxylic acids is 1. The first kappa shape index (κ1) is 20.6. The Kier molecular flexibility index (Phi) is 6.15. The number of fused-ring (bicyclic) bond motifs is 1. The number of H-pyrrole nitrogens is 1. The molecule has 1 amide bonds. The van der Waals surface area contributed by atoms with Gasteiger partial charge in [0, 0.05) is 43.8 Å². The fourth-order valence-corrected chi connectivity index (χ4v) is 3.98. The van der Waals surface area contributed by atoms with E-state index in [1.54, 1.807) is 4.68 Å². The predicted octanol–water partition coefficient (Wildman–Crippen LogP) is 2.02. The molecular formula is C22H31N7O. The lowest BCUT2D eigenvalue weighted by molar-refractivity contribution is -0.135. The Labute approximate surface area is 176 Å². The molecule has 3 atom stereocenters. The summed E-state index contributed by atoms with van der Waals surface area (Å²) in [5.74, 6) is 0.370. The number of aromatic amines is 1. The van der Waals surface area contributed by atoms with Crippen LogP contribution in [0.3, 0.4) is 0 Å². The number of hydrogen-bond donors (Lipinski definition) is 3. The summed E-state index contributed by atoms with van der Waals surface area (Å²) in [6.07, 6.45) is 3.34. The minimum absolute atomic E-state index is 0.0729. The highest BCUT2D eigenvalue weighted by Crippen LogP contribution is 2.24. The first-order valence-corrected chi connectivity index (χ1v) is 10.8. The van der Waals surface area contributed by atoms with Crippen molar-refractivity contribution in [2.45, 2.75) is 38.8 Å². The van der Waals surface area contributed by atoms with Crippen LogP contribution in [0.2, 0.25) is 0 Å². The molecular weight excluding hydrogens is 378 g/mol. The number of carbonyl (C=O) groups is 1. The van der Waals surface area contributed by atoms with Crippen LogP contribution >= 0.6 is 0 Å². The van der Waals surface area contributed by atoms with Crippen LogP contribution in [0.1, 0.15) is 43.7 Å². The van der Waals surface area contributed by atoms with Crippen molar-refractivity contribution < 1.29 is 4.79 Å². The van der Waals surface area contributed by atoms with Gasteiger partial charge in [-0.2, -0.15) is 0 Å². The average Bonchev–Trinajstić information content (AvgIpc) is 3.43. The lowest BCUT2D eigenvalue weighted by Gasteiger charge is -2.30. The first-order valence-electron chi connectivity index (χ1n) is 10.8. The van der Waals surface area contributed by atoms with Gasteiger partial charge in [-0.05, 0) is 23.4 Å². The highest BCUT2D eigenvalue weighted by atomic mass is 16.2. The van der Waals surface area contributed by atoms with E-state index in [1.165, 1.54) is 0 Å². The van der Waals surface area contributed by atoms with Crippen LogP contribution in [0.5, 0.6) is 0 Å². The standard InChI is InChI=1S/C22H31N7O/c1-3-15(2)21(23)19-14-29(27-26-19)20(22(30)28-10-8-24-9-11-28)13-17-12-16-6-4-5-7-18(16)25-17/h4-7,12,14-15,20-21,24-25H,3,8-11,13,23H2,1-2H3/t15?,20-,21-/m0/s1. The summed E-state index contributed by atoms with van der Waals surface area (Å²) < 4.78 is 1.70. The highest BCUT2D eigenvalue weighted by molar-refractivity contribution is 5.82. The number of nitrogens with two attached hydrogens (primary N) is 1. The molecule has 1 aliphatic rings. The normalized spacial score (nSPS) is 17.8. The van der Waals surface area contributed by atoms with E-state index in [0.717, 1.165) is 41.8 Å². The van der Waals surface area contributed by atoms with Gasteiger partial charge in [-0.3, -0.25) is 4.79 Å². The molecule has 1 aromatic carbocycles. The lowest BCUT2D eigenvalue weighted by atomic mass is 9.98. The molecule has 30 heavy (non-hydrogen) atoms. The third-order valence-corrected chi connectivity index (χ3v) is 6.16. The molecule has 2 aromatic heterocycles. The molecule has 0 aliphatic carbocycles. The average molecular weight is 410 g/mol. The zero-order valence-corrected chi connectivity index (χ0v) is 17.7. The second-order valence-corrected chi connectivity index (χ2v) is 8.21. The van der Waals surface area contributed by atoms with E-state index in [0.29, 0.717) is 25.4 Å². The minimum atomic E-state index is -0.457. The van der Waals surface area contributed by atoms with Crippen LogP contribution in [0.25, 0.3) is 10.9 Å². The Hall–Kier alpha value is -2.71. The van der Waals surface area contributed by atoms with Gasteiger partial charge in [-0.15, -0.1) is 5.10 Å². The summed E-state index contributed by atoms with van der Waals surface area (Å²) >= 11 is 0. The van der Waals surface area contributed by atoms with Gasteiger partial charge in [0.25, 0.3) is 0 Å². The van der Waals surface area contributed by atoms with Crippen LogP contribution < -0.4 is 11.1 Å². The quantitative estimate of drug-likeness (QED) is 0.554. The van der Waals surface area contributed by atoms with Gasteiger partial charge in [-0.25, -0.2) is 4.68 Å². The van der Waals surface area contributed by atoms with Gasteiger partial charge in [-0.1, -0.05) is 43.7 Å². The van der Waals surface area contributed by atoms with E-state index >= 15 is 0 Å². The second kappa shape index (κ2) is 8.97. The molecule has 160 valence electrons. The Balaban J connectivity index is 1.63. The molecule has 3 aromatic rings. The fraction of sp³-hybridized carbons (Fsp3) is 0.500. The lowest BCUT2D eigenvalue weighted by Crippen LogP contribution is -2.49. The molecule has 4 N–H and O–H groups in total. The van der Waals surface area contributed by atoms with Crippen LogP contribution in [-0.4, -0.2) is 57.0 Å². The summed E-state index contributed by atoms with van der Waals surface area (Å²) in [6.45, 7) is 7.25. The molecule has 1 fully saturated rings. The van der Waals surface area contributed by atoms with E-state index in [-0.39, 0.29) is 11.9 Å². The number of aromatic nitrogens is 4. The molecule has 8 nitrogen and oxygen atoms in total. The summed E-state index contributed by atoms with van der Waals surface area (Å²) in [5, 5.41) is 13.1.